The normalized spacial score (nSPS) is 20.2. The molecule has 0 spiro atoms. The Hall–Kier alpha value is -2.56. The average molecular weight is 413 g/mol. The minimum atomic E-state index is -0.453. The molecule has 140 valence electrons. The van der Waals surface area contributed by atoms with Crippen LogP contribution in [0.5, 0.6) is 5.75 Å². The molecular formula is C22H15Cl2FN2O. The smallest absolute Gasteiger partial charge is 0.215 e. The Bertz CT molecular complexity index is 1080. The third-order valence-electron chi connectivity index (χ3n) is 5.10. The van der Waals surface area contributed by atoms with Crippen molar-refractivity contribution in [3.63, 3.8) is 0 Å². The van der Waals surface area contributed by atoms with Crippen molar-refractivity contribution >= 4 is 28.9 Å². The number of hydrogen-bond donors (Lipinski definition) is 0. The quantitative estimate of drug-likeness (QED) is 0.487. The Morgan fingerprint density at radius 2 is 1.75 bits per heavy atom. The number of fused-ring (bicyclic) bond motifs is 3. The van der Waals surface area contributed by atoms with E-state index < -0.39 is 6.23 Å². The number of hydrazone groups is 1. The molecule has 0 bridgehead atoms. The van der Waals surface area contributed by atoms with Gasteiger partial charge in [-0.2, -0.15) is 5.10 Å². The van der Waals surface area contributed by atoms with Crippen LogP contribution in [0.15, 0.2) is 71.8 Å². The van der Waals surface area contributed by atoms with Gasteiger partial charge in [0.2, 0.25) is 6.23 Å². The van der Waals surface area contributed by atoms with Gasteiger partial charge in [-0.3, -0.25) is 0 Å². The summed E-state index contributed by atoms with van der Waals surface area (Å²) in [6.45, 7) is 0. The van der Waals surface area contributed by atoms with Crippen LogP contribution in [-0.2, 0) is 0 Å². The van der Waals surface area contributed by atoms with Gasteiger partial charge >= 0.3 is 0 Å². The van der Waals surface area contributed by atoms with E-state index in [1.54, 1.807) is 12.1 Å². The van der Waals surface area contributed by atoms with Gasteiger partial charge in [-0.1, -0.05) is 53.5 Å². The van der Waals surface area contributed by atoms with E-state index in [-0.39, 0.29) is 11.9 Å². The van der Waals surface area contributed by atoms with Crippen molar-refractivity contribution < 1.29 is 9.13 Å². The molecule has 0 N–H and O–H groups in total. The van der Waals surface area contributed by atoms with E-state index in [1.807, 2.05) is 47.5 Å². The summed E-state index contributed by atoms with van der Waals surface area (Å²) in [6, 6.07) is 19.6. The fourth-order valence-electron chi connectivity index (χ4n) is 3.76. The highest BCUT2D eigenvalue weighted by atomic mass is 35.5. The number of benzene rings is 3. The van der Waals surface area contributed by atoms with Crippen molar-refractivity contribution in [2.24, 2.45) is 5.10 Å². The first-order valence-electron chi connectivity index (χ1n) is 8.92. The van der Waals surface area contributed by atoms with E-state index >= 15 is 0 Å². The molecule has 6 heteroatoms. The molecule has 0 radical (unpaired) electrons. The standard InChI is InChI=1S/C22H15Cl2FN2O/c23-14-7-10-21-17(11-14)20-12-19(13-5-8-15(25)9-6-13)26-27(20)22(28-21)16-3-1-2-4-18(16)24/h1-11,20,22H,12H2. The van der Waals surface area contributed by atoms with E-state index in [1.165, 1.54) is 12.1 Å². The van der Waals surface area contributed by atoms with Gasteiger partial charge in [-0.05, 0) is 42.0 Å². The maximum atomic E-state index is 13.3. The zero-order valence-corrected chi connectivity index (χ0v) is 16.2. The lowest BCUT2D eigenvalue weighted by Gasteiger charge is -2.38. The predicted octanol–water partition coefficient (Wildman–Crippen LogP) is 6.37. The largest absolute Gasteiger partial charge is 0.464 e. The highest BCUT2D eigenvalue weighted by Gasteiger charge is 2.41. The molecule has 2 atom stereocenters. The molecule has 2 aliphatic rings. The van der Waals surface area contributed by atoms with Crippen LogP contribution in [0, 0.1) is 5.82 Å². The molecule has 2 unspecified atom stereocenters. The van der Waals surface area contributed by atoms with E-state index in [2.05, 4.69) is 0 Å². The van der Waals surface area contributed by atoms with Gasteiger partial charge in [0.1, 0.15) is 11.6 Å². The molecule has 0 fully saturated rings. The zero-order valence-electron chi connectivity index (χ0n) is 14.6. The molecule has 28 heavy (non-hydrogen) atoms. The van der Waals surface area contributed by atoms with E-state index in [4.69, 9.17) is 33.0 Å². The van der Waals surface area contributed by atoms with Crippen LogP contribution in [0.1, 0.15) is 35.4 Å². The van der Waals surface area contributed by atoms with Crippen LogP contribution in [0.2, 0.25) is 10.0 Å². The number of halogens is 3. The van der Waals surface area contributed by atoms with Crippen LogP contribution in [-0.4, -0.2) is 10.7 Å². The molecule has 0 aliphatic carbocycles. The third-order valence-corrected chi connectivity index (χ3v) is 5.68. The van der Waals surface area contributed by atoms with Crippen molar-refractivity contribution in [1.82, 2.24) is 5.01 Å². The lowest BCUT2D eigenvalue weighted by molar-refractivity contribution is -0.0189. The van der Waals surface area contributed by atoms with Crippen molar-refractivity contribution in [2.75, 3.05) is 0 Å². The van der Waals surface area contributed by atoms with Crippen LogP contribution in [0.3, 0.4) is 0 Å². The fourth-order valence-corrected chi connectivity index (χ4v) is 4.17. The van der Waals surface area contributed by atoms with Crippen LogP contribution < -0.4 is 4.74 Å². The number of ether oxygens (including phenoxy) is 1. The molecule has 2 aliphatic heterocycles. The lowest BCUT2D eigenvalue weighted by Crippen LogP contribution is -2.33. The van der Waals surface area contributed by atoms with E-state index in [0.29, 0.717) is 16.5 Å². The first kappa shape index (κ1) is 17.5. The Labute approximate surface area is 172 Å². The molecule has 3 aromatic rings. The van der Waals surface area contributed by atoms with Gasteiger partial charge in [0, 0.05) is 27.6 Å². The van der Waals surface area contributed by atoms with Crippen molar-refractivity contribution in [1.29, 1.82) is 0 Å². The van der Waals surface area contributed by atoms with Crippen molar-refractivity contribution in [3.8, 4) is 5.75 Å². The second kappa shape index (κ2) is 6.80. The fraction of sp³-hybridized carbons (Fsp3) is 0.136. The summed E-state index contributed by atoms with van der Waals surface area (Å²) in [5, 5.41) is 8.03. The first-order chi connectivity index (χ1) is 13.6. The van der Waals surface area contributed by atoms with Gasteiger partial charge in [0.05, 0.1) is 11.8 Å². The molecular weight excluding hydrogens is 398 g/mol. The number of hydrogen-bond acceptors (Lipinski definition) is 3. The number of rotatable bonds is 2. The molecule has 0 saturated carbocycles. The summed E-state index contributed by atoms with van der Waals surface area (Å²) in [5.41, 5.74) is 3.59. The Morgan fingerprint density at radius 3 is 2.54 bits per heavy atom. The summed E-state index contributed by atoms with van der Waals surface area (Å²) in [4.78, 5) is 0. The SMILES string of the molecule is Fc1ccc(C2=NN3C(C2)c2cc(Cl)ccc2OC3c2ccccc2Cl)cc1. The van der Waals surface area contributed by atoms with Gasteiger partial charge < -0.3 is 4.74 Å². The van der Waals surface area contributed by atoms with Gasteiger partial charge in [-0.25, -0.2) is 9.40 Å². The van der Waals surface area contributed by atoms with Crippen LogP contribution in [0.4, 0.5) is 4.39 Å². The Kier molecular flexibility index (Phi) is 4.26. The Morgan fingerprint density at radius 1 is 0.964 bits per heavy atom. The van der Waals surface area contributed by atoms with Gasteiger partial charge in [-0.15, -0.1) is 0 Å². The third kappa shape index (κ3) is 2.93. The summed E-state index contributed by atoms with van der Waals surface area (Å²) in [7, 11) is 0. The highest BCUT2D eigenvalue weighted by molar-refractivity contribution is 6.31. The second-order valence-corrected chi connectivity index (χ2v) is 7.67. The van der Waals surface area contributed by atoms with Crippen molar-refractivity contribution in [2.45, 2.75) is 18.7 Å². The zero-order chi connectivity index (χ0) is 19.3. The second-order valence-electron chi connectivity index (χ2n) is 6.83. The average Bonchev–Trinajstić information content (AvgIpc) is 3.14. The summed E-state index contributed by atoms with van der Waals surface area (Å²) >= 11 is 12.7. The van der Waals surface area contributed by atoms with E-state index in [9.17, 15) is 4.39 Å². The minimum absolute atomic E-state index is 0.0382. The van der Waals surface area contributed by atoms with Crippen LogP contribution in [0.25, 0.3) is 0 Å². The molecule has 2 heterocycles. The maximum absolute atomic E-state index is 13.3. The van der Waals surface area contributed by atoms with Gasteiger partial charge in [0.25, 0.3) is 0 Å². The molecule has 3 nitrogen and oxygen atoms in total. The lowest BCUT2D eigenvalue weighted by atomic mass is 9.96. The monoisotopic (exact) mass is 412 g/mol. The molecule has 5 rings (SSSR count). The Balaban J connectivity index is 1.62. The number of nitrogens with zero attached hydrogens (tertiary/aromatic N) is 2. The molecule has 0 amide bonds. The summed E-state index contributed by atoms with van der Waals surface area (Å²) in [5.74, 6) is 0.501. The minimum Gasteiger partial charge on any atom is -0.464 e. The highest BCUT2D eigenvalue weighted by Crippen LogP contribution is 2.49. The van der Waals surface area contributed by atoms with Crippen molar-refractivity contribution in [3.05, 3.63) is 99.3 Å². The molecule has 0 saturated heterocycles. The van der Waals surface area contributed by atoms with E-state index in [0.717, 1.165) is 28.2 Å². The maximum Gasteiger partial charge on any atom is 0.215 e. The first-order valence-corrected chi connectivity index (χ1v) is 9.68. The topological polar surface area (TPSA) is 24.8 Å². The van der Waals surface area contributed by atoms with Crippen LogP contribution >= 0.6 is 23.2 Å². The van der Waals surface area contributed by atoms with Gasteiger partial charge in [0.15, 0.2) is 0 Å². The summed E-state index contributed by atoms with van der Waals surface area (Å²) in [6.07, 6.45) is 0.217. The predicted molar refractivity (Wildman–Crippen MR) is 108 cm³/mol. The molecule has 3 aromatic carbocycles. The molecule has 0 aromatic heterocycles. The summed E-state index contributed by atoms with van der Waals surface area (Å²) < 4.78 is 19.6.